The maximum Gasteiger partial charge on any atom is 0.440 e. The standard InChI is InChI=1S/C18H20F3N5O2/c1-17(18(19,20)21)25-16(26-28-17)12-6-8-23-15(10-12)14-5-4-13(11-24-14)27-9-3-7-22-2/h4-6,8,10-11,22H,3,7,9H2,1-2H3,(H,25,26). The molecule has 0 spiro atoms. The van der Waals surface area contributed by atoms with E-state index in [1.54, 1.807) is 30.5 Å². The summed E-state index contributed by atoms with van der Waals surface area (Å²) in [6, 6.07) is 6.64. The van der Waals surface area contributed by atoms with Crippen LogP contribution in [0.2, 0.25) is 0 Å². The van der Waals surface area contributed by atoms with Crippen molar-refractivity contribution < 1.29 is 22.7 Å². The molecule has 1 unspecified atom stereocenters. The highest BCUT2D eigenvalue weighted by Crippen LogP contribution is 2.36. The number of halogens is 3. The first-order valence-corrected chi connectivity index (χ1v) is 8.63. The van der Waals surface area contributed by atoms with Gasteiger partial charge in [-0.15, -0.1) is 0 Å². The molecule has 0 saturated heterocycles. The molecule has 0 aromatic carbocycles. The van der Waals surface area contributed by atoms with E-state index in [2.05, 4.69) is 30.6 Å². The lowest BCUT2D eigenvalue weighted by atomic mass is 10.1. The lowest BCUT2D eigenvalue weighted by Gasteiger charge is -2.21. The number of hydrogen-bond donors (Lipinski definition) is 2. The molecule has 0 fully saturated rings. The molecule has 0 bridgehead atoms. The number of pyridine rings is 2. The van der Waals surface area contributed by atoms with Crippen LogP contribution in [0.15, 0.2) is 41.7 Å². The zero-order valence-corrected chi connectivity index (χ0v) is 15.4. The summed E-state index contributed by atoms with van der Waals surface area (Å²) in [6.07, 6.45) is -0.710. The Morgan fingerprint density at radius 2 is 2.04 bits per heavy atom. The monoisotopic (exact) mass is 395 g/mol. The number of nitrogens with one attached hydrogen (secondary N) is 2. The fraction of sp³-hybridized carbons (Fsp3) is 0.389. The number of alkyl halides is 3. The van der Waals surface area contributed by atoms with Gasteiger partial charge in [0.1, 0.15) is 5.75 Å². The molecule has 0 aliphatic carbocycles. The molecule has 0 saturated carbocycles. The highest BCUT2D eigenvalue weighted by Gasteiger charge is 2.56. The Hall–Kier alpha value is -2.72. The summed E-state index contributed by atoms with van der Waals surface area (Å²) in [5.74, 6) is 0.611. The van der Waals surface area contributed by atoms with Gasteiger partial charge in [0.2, 0.25) is 0 Å². The van der Waals surface area contributed by atoms with Gasteiger partial charge in [-0.3, -0.25) is 9.97 Å². The molecular weight excluding hydrogens is 375 g/mol. The molecule has 1 aliphatic heterocycles. The van der Waals surface area contributed by atoms with Crippen LogP contribution < -0.4 is 15.5 Å². The summed E-state index contributed by atoms with van der Waals surface area (Å²) < 4.78 is 44.7. The summed E-state index contributed by atoms with van der Waals surface area (Å²) in [6.45, 7) is 2.28. The summed E-state index contributed by atoms with van der Waals surface area (Å²) in [5, 5.41) is 3.04. The van der Waals surface area contributed by atoms with Crippen molar-refractivity contribution in [1.29, 1.82) is 0 Å². The van der Waals surface area contributed by atoms with Crippen molar-refractivity contribution in [2.24, 2.45) is 4.99 Å². The largest absolute Gasteiger partial charge is 0.492 e. The highest BCUT2D eigenvalue weighted by molar-refractivity contribution is 5.99. The summed E-state index contributed by atoms with van der Waals surface area (Å²) in [4.78, 5) is 16.8. The Bertz CT molecular complexity index is 842. The van der Waals surface area contributed by atoms with Gasteiger partial charge in [0, 0.05) is 11.8 Å². The first kappa shape index (κ1) is 20.0. The number of rotatable bonds is 7. The van der Waals surface area contributed by atoms with Gasteiger partial charge in [-0.2, -0.15) is 13.2 Å². The molecule has 2 aromatic heterocycles. The molecule has 3 rings (SSSR count). The Kier molecular flexibility index (Phi) is 5.80. The molecule has 0 radical (unpaired) electrons. The molecule has 2 N–H and O–H groups in total. The van der Waals surface area contributed by atoms with E-state index in [9.17, 15) is 13.2 Å². The Labute approximate surface area is 160 Å². The summed E-state index contributed by atoms with van der Waals surface area (Å²) in [5.41, 5.74) is 1.08. The molecule has 3 heterocycles. The topological polar surface area (TPSA) is 80.7 Å². The number of aliphatic imine (C=N–C) groups is 1. The van der Waals surface area contributed by atoms with Gasteiger partial charge in [0.25, 0.3) is 5.72 Å². The summed E-state index contributed by atoms with van der Waals surface area (Å²) in [7, 11) is 1.87. The van der Waals surface area contributed by atoms with Crippen LogP contribution in [0.5, 0.6) is 5.75 Å². The zero-order valence-electron chi connectivity index (χ0n) is 15.4. The fourth-order valence-corrected chi connectivity index (χ4v) is 2.43. The van der Waals surface area contributed by atoms with Crippen molar-refractivity contribution in [3.8, 4) is 17.1 Å². The summed E-state index contributed by atoms with van der Waals surface area (Å²) >= 11 is 0. The molecule has 150 valence electrons. The van der Waals surface area contributed by atoms with Crippen LogP contribution >= 0.6 is 0 Å². The van der Waals surface area contributed by atoms with E-state index in [-0.39, 0.29) is 5.84 Å². The molecule has 10 heteroatoms. The second-order valence-electron chi connectivity index (χ2n) is 6.26. The van der Waals surface area contributed by atoms with Crippen LogP contribution in [0.3, 0.4) is 0 Å². The molecule has 1 aliphatic rings. The lowest BCUT2D eigenvalue weighted by molar-refractivity contribution is -0.270. The fourth-order valence-electron chi connectivity index (χ4n) is 2.43. The molecule has 7 nitrogen and oxygen atoms in total. The number of amidine groups is 1. The zero-order chi connectivity index (χ0) is 20.2. The first-order valence-electron chi connectivity index (χ1n) is 8.63. The quantitative estimate of drug-likeness (QED) is 0.702. The Morgan fingerprint density at radius 3 is 2.68 bits per heavy atom. The van der Waals surface area contributed by atoms with E-state index >= 15 is 0 Å². The third-order valence-electron chi connectivity index (χ3n) is 4.07. The van der Waals surface area contributed by atoms with Crippen molar-refractivity contribution in [3.63, 3.8) is 0 Å². The first-order chi connectivity index (χ1) is 13.3. The van der Waals surface area contributed by atoms with Crippen LogP contribution in [-0.4, -0.2) is 47.9 Å². The third-order valence-corrected chi connectivity index (χ3v) is 4.07. The SMILES string of the molecule is CNCCCOc1ccc(-c2cc(C3=NC(C)(C(F)(F)F)ON3)ccn2)nc1. The van der Waals surface area contributed by atoms with Gasteiger partial charge in [-0.05, 0) is 51.2 Å². The maximum atomic E-state index is 13.0. The molecule has 0 amide bonds. The molecule has 2 aromatic rings. The number of aromatic nitrogens is 2. The average molecular weight is 395 g/mol. The van der Waals surface area contributed by atoms with Crippen molar-refractivity contribution >= 4 is 5.84 Å². The van der Waals surface area contributed by atoms with Crippen LogP contribution in [0, 0.1) is 0 Å². The van der Waals surface area contributed by atoms with Crippen LogP contribution in [0.1, 0.15) is 18.9 Å². The van der Waals surface area contributed by atoms with E-state index in [1.165, 1.54) is 6.20 Å². The van der Waals surface area contributed by atoms with E-state index in [1.807, 2.05) is 7.05 Å². The highest BCUT2D eigenvalue weighted by atomic mass is 19.4. The minimum absolute atomic E-state index is 0.0204. The van der Waals surface area contributed by atoms with Gasteiger partial charge in [0.15, 0.2) is 5.84 Å². The molecular formula is C18H20F3N5O2. The van der Waals surface area contributed by atoms with E-state index in [0.717, 1.165) is 19.9 Å². The van der Waals surface area contributed by atoms with Gasteiger partial charge >= 0.3 is 6.18 Å². The van der Waals surface area contributed by atoms with Crippen LogP contribution in [0.4, 0.5) is 13.2 Å². The average Bonchev–Trinajstić information content (AvgIpc) is 3.10. The van der Waals surface area contributed by atoms with Crippen LogP contribution in [0.25, 0.3) is 11.4 Å². The number of hydrogen-bond acceptors (Lipinski definition) is 7. The van der Waals surface area contributed by atoms with Gasteiger partial charge in [0.05, 0.1) is 24.2 Å². The van der Waals surface area contributed by atoms with E-state index in [0.29, 0.717) is 29.3 Å². The number of hydroxylamine groups is 1. The molecule has 1 atom stereocenters. The second-order valence-corrected chi connectivity index (χ2v) is 6.26. The Morgan fingerprint density at radius 1 is 1.21 bits per heavy atom. The third kappa shape index (κ3) is 4.39. The Balaban J connectivity index is 1.74. The predicted octanol–water partition coefficient (Wildman–Crippen LogP) is 2.69. The predicted molar refractivity (Wildman–Crippen MR) is 96.7 cm³/mol. The minimum atomic E-state index is -4.64. The minimum Gasteiger partial charge on any atom is -0.492 e. The lowest BCUT2D eigenvalue weighted by Crippen LogP contribution is -2.42. The van der Waals surface area contributed by atoms with Crippen molar-refractivity contribution in [3.05, 3.63) is 42.2 Å². The van der Waals surface area contributed by atoms with E-state index in [4.69, 9.17) is 4.74 Å². The van der Waals surface area contributed by atoms with Crippen LogP contribution in [-0.2, 0) is 4.84 Å². The number of ether oxygens (including phenoxy) is 1. The maximum absolute atomic E-state index is 13.0. The molecule has 28 heavy (non-hydrogen) atoms. The van der Waals surface area contributed by atoms with Gasteiger partial charge in [-0.25, -0.2) is 15.3 Å². The van der Waals surface area contributed by atoms with Gasteiger partial charge in [-0.1, -0.05) is 0 Å². The van der Waals surface area contributed by atoms with Gasteiger partial charge < -0.3 is 10.1 Å². The second kappa shape index (κ2) is 8.11. The normalized spacial score (nSPS) is 19.2. The van der Waals surface area contributed by atoms with E-state index < -0.39 is 11.9 Å². The number of nitrogens with zero attached hydrogens (tertiary/aromatic N) is 3. The van der Waals surface area contributed by atoms with Crippen molar-refractivity contribution in [2.75, 3.05) is 20.2 Å². The smallest absolute Gasteiger partial charge is 0.440 e. The van der Waals surface area contributed by atoms with Crippen molar-refractivity contribution in [1.82, 2.24) is 20.8 Å². The van der Waals surface area contributed by atoms with Crippen molar-refractivity contribution in [2.45, 2.75) is 25.2 Å².